The van der Waals surface area contributed by atoms with Gasteiger partial charge in [-0.15, -0.1) is 0 Å². The van der Waals surface area contributed by atoms with E-state index in [9.17, 15) is 5.11 Å². The molecule has 0 radical (unpaired) electrons. The molecule has 4 nitrogen and oxygen atoms in total. The summed E-state index contributed by atoms with van der Waals surface area (Å²) in [6.45, 7) is 7.00. The lowest BCUT2D eigenvalue weighted by atomic mass is 9.89. The summed E-state index contributed by atoms with van der Waals surface area (Å²) in [5.74, 6) is 1.33. The summed E-state index contributed by atoms with van der Waals surface area (Å²) in [4.78, 5) is 0. The zero-order valence-electron chi connectivity index (χ0n) is 10.2. The SMILES string of the molecule is CC(C)(C)C(O)CNCc1ccc(CO)o1. The Morgan fingerprint density at radius 2 is 1.94 bits per heavy atom. The molecule has 16 heavy (non-hydrogen) atoms. The molecule has 0 saturated carbocycles. The van der Waals surface area contributed by atoms with Crippen LogP contribution < -0.4 is 5.32 Å². The summed E-state index contributed by atoms with van der Waals surface area (Å²) in [5, 5.41) is 21.7. The normalized spacial score (nSPS) is 14.1. The Labute approximate surface area is 96.3 Å². The maximum atomic E-state index is 9.78. The molecule has 3 N–H and O–H groups in total. The van der Waals surface area contributed by atoms with Crippen LogP contribution in [0.3, 0.4) is 0 Å². The molecular formula is C12H21NO3. The molecule has 1 unspecified atom stereocenters. The first kappa shape index (κ1) is 13.2. The Kier molecular flexibility index (Phi) is 4.53. The van der Waals surface area contributed by atoms with Gasteiger partial charge < -0.3 is 19.9 Å². The molecule has 0 aromatic carbocycles. The highest BCUT2D eigenvalue weighted by molar-refractivity contribution is 5.06. The topological polar surface area (TPSA) is 65.6 Å². The fourth-order valence-corrected chi connectivity index (χ4v) is 1.24. The molecule has 0 aliphatic heterocycles. The number of nitrogens with one attached hydrogen (secondary N) is 1. The minimum atomic E-state index is -0.389. The molecule has 1 rings (SSSR count). The fraction of sp³-hybridized carbons (Fsp3) is 0.667. The second-order valence-electron chi connectivity index (χ2n) is 5.04. The van der Waals surface area contributed by atoms with Crippen molar-refractivity contribution in [1.82, 2.24) is 5.32 Å². The van der Waals surface area contributed by atoms with Crippen molar-refractivity contribution in [3.63, 3.8) is 0 Å². The van der Waals surface area contributed by atoms with Crippen LogP contribution in [0.25, 0.3) is 0 Å². The predicted molar refractivity (Wildman–Crippen MR) is 61.8 cm³/mol. The average Bonchev–Trinajstić information content (AvgIpc) is 2.64. The van der Waals surface area contributed by atoms with Gasteiger partial charge in [0.15, 0.2) is 0 Å². The summed E-state index contributed by atoms with van der Waals surface area (Å²) >= 11 is 0. The molecule has 0 spiro atoms. The second-order valence-corrected chi connectivity index (χ2v) is 5.04. The molecule has 1 aromatic rings. The van der Waals surface area contributed by atoms with Gasteiger partial charge in [-0.25, -0.2) is 0 Å². The standard InChI is InChI=1S/C12H21NO3/c1-12(2,3)11(15)7-13-6-9-4-5-10(8-14)16-9/h4-5,11,13-15H,6-8H2,1-3H3. The molecule has 0 aliphatic rings. The van der Waals surface area contributed by atoms with Crippen LogP contribution in [0.4, 0.5) is 0 Å². The maximum Gasteiger partial charge on any atom is 0.129 e. The van der Waals surface area contributed by atoms with E-state index in [-0.39, 0.29) is 18.1 Å². The third-order valence-electron chi connectivity index (χ3n) is 2.51. The zero-order valence-corrected chi connectivity index (χ0v) is 10.2. The molecule has 4 heteroatoms. The van der Waals surface area contributed by atoms with E-state index in [2.05, 4.69) is 5.32 Å². The molecular weight excluding hydrogens is 206 g/mol. The van der Waals surface area contributed by atoms with Crippen LogP contribution in [-0.4, -0.2) is 22.9 Å². The lowest BCUT2D eigenvalue weighted by Gasteiger charge is -2.25. The van der Waals surface area contributed by atoms with E-state index in [1.165, 1.54) is 0 Å². The summed E-state index contributed by atoms with van der Waals surface area (Å²) in [5.41, 5.74) is -0.119. The first-order valence-electron chi connectivity index (χ1n) is 5.50. The van der Waals surface area contributed by atoms with Gasteiger partial charge in [0.05, 0.1) is 12.6 Å². The first-order chi connectivity index (χ1) is 7.43. The summed E-state index contributed by atoms with van der Waals surface area (Å²) in [6, 6.07) is 3.57. The Balaban J connectivity index is 2.30. The predicted octanol–water partition coefficient (Wildman–Crippen LogP) is 1.27. The molecule has 0 bridgehead atoms. The van der Waals surface area contributed by atoms with E-state index in [4.69, 9.17) is 9.52 Å². The average molecular weight is 227 g/mol. The van der Waals surface area contributed by atoms with Gasteiger partial charge in [-0.2, -0.15) is 0 Å². The zero-order chi connectivity index (χ0) is 12.2. The molecule has 0 aliphatic carbocycles. The number of rotatable bonds is 5. The summed E-state index contributed by atoms with van der Waals surface area (Å²) < 4.78 is 5.31. The molecule has 0 fully saturated rings. The van der Waals surface area contributed by atoms with Crippen LogP contribution in [0.15, 0.2) is 16.5 Å². The Morgan fingerprint density at radius 1 is 1.31 bits per heavy atom. The van der Waals surface area contributed by atoms with E-state index in [0.29, 0.717) is 18.8 Å². The van der Waals surface area contributed by atoms with Gasteiger partial charge in [-0.1, -0.05) is 20.8 Å². The minimum Gasteiger partial charge on any atom is -0.462 e. The Hall–Kier alpha value is -0.840. The highest BCUT2D eigenvalue weighted by Gasteiger charge is 2.21. The van der Waals surface area contributed by atoms with Gasteiger partial charge in [0.1, 0.15) is 18.1 Å². The van der Waals surface area contributed by atoms with E-state index in [1.807, 2.05) is 26.8 Å². The van der Waals surface area contributed by atoms with Crippen molar-refractivity contribution in [2.24, 2.45) is 5.41 Å². The smallest absolute Gasteiger partial charge is 0.129 e. The number of hydrogen-bond donors (Lipinski definition) is 3. The van der Waals surface area contributed by atoms with Gasteiger partial charge >= 0.3 is 0 Å². The monoisotopic (exact) mass is 227 g/mol. The van der Waals surface area contributed by atoms with Crippen LogP contribution in [0.1, 0.15) is 32.3 Å². The summed E-state index contributed by atoms with van der Waals surface area (Å²) in [6.07, 6.45) is -0.389. The third-order valence-corrected chi connectivity index (χ3v) is 2.51. The van der Waals surface area contributed by atoms with Gasteiger partial charge in [0.2, 0.25) is 0 Å². The van der Waals surface area contributed by atoms with Gasteiger partial charge in [-0.3, -0.25) is 0 Å². The van der Waals surface area contributed by atoms with Crippen LogP contribution in [0.5, 0.6) is 0 Å². The van der Waals surface area contributed by atoms with Crippen molar-refractivity contribution in [2.75, 3.05) is 6.54 Å². The van der Waals surface area contributed by atoms with Crippen molar-refractivity contribution in [3.05, 3.63) is 23.7 Å². The van der Waals surface area contributed by atoms with Crippen molar-refractivity contribution in [1.29, 1.82) is 0 Å². The lowest BCUT2D eigenvalue weighted by Crippen LogP contribution is -2.36. The quantitative estimate of drug-likeness (QED) is 0.708. The fourth-order valence-electron chi connectivity index (χ4n) is 1.24. The van der Waals surface area contributed by atoms with Crippen LogP contribution in [-0.2, 0) is 13.2 Å². The van der Waals surface area contributed by atoms with E-state index >= 15 is 0 Å². The maximum absolute atomic E-state index is 9.78. The largest absolute Gasteiger partial charge is 0.462 e. The van der Waals surface area contributed by atoms with Crippen LogP contribution in [0.2, 0.25) is 0 Å². The Morgan fingerprint density at radius 3 is 2.44 bits per heavy atom. The van der Waals surface area contributed by atoms with E-state index in [1.54, 1.807) is 6.07 Å². The molecule has 1 atom stereocenters. The molecule has 92 valence electrons. The molecule has 1 heterocycles. The van der Waals surface area contributed by atoms with Crippen LogP contribution in [0, 0.1) is 5.41 Å². The first-order valence-corrected chi connectivity index (χ1v) is 5.50. The number of aliphatic hydroxyl groups excluding tert-OH is 2. The summed E-state index contributed by atoms with van der Waals surface area (Å²) in [7, 11) is 0. The molecule has 0 saturated heterocycles. The van der Waals surface area contributed by atoms with Crippen molar-refractivity contribution in [3.8, 4) is 0 Å². The van der Waals surface area contributed by atoms with Gasteiger partial charge in [0, 0.05) is 6.54 Å². The number of aliphatic hydroxyl groups is 2. The molecule has 1 aromatic heterocycles. The van der Waals surface area contributed by atoms with Crippen LogP contribution >= 0.6 is 0 Å². The molecule has 0 amide bonds. The Bertz CT molecular complexity index is 314. The van der Waals surface area contributed by atoms with Crippen molar-refractivity contribution in [2.45, 2.75) is 40.0 Å². The number of furan rings is 1. The second kappa shape index (κ2) is 5.48. The van der Waals surface area contributed by atoms with E-state index < -0.39 is 0 Å². The highest BCUT2D eigenvalue weighted by Crippen LogP contribution is 2.18. The van der Waals surface area contributed by atoms with Crippen molar-refractivity contribution >= 4 is 0 Å². The van der Waals surface area contributed by atoms with Gasteiger partial charge in [0.25, 0.3) is 0 Å². The number of hydrogen-bond acceptors (Lipinski definition) is 4. The lowest BCUT2D eigenvalue weighted by molar-refractivity contribution is 0.0623. The van der Waals surface area contributed by atoms with E-state index in [0.717, 1.165) is 5.76 Å². The minimum absolute atomic E-state index is 0.0788. The third kappa shape index (κ3) is 3.96. The highest BCUT2D eigenvalue weighted by atomic mass is 16.4. The van der Waals surface area contributed by atoms with Gasteiger partial charge in [-0.05, 0) is 17.5 Å². The van der Waals surface area contributed by atoms with Crippen molar-refractivity contribution < 1.29 is 14.6 Å².